The number of amidine groups is 1. The van der Waals surface area contributed by atoms with Crippen molar-refractivity contribution in [2.75, 3.05) is 0 Å². The topological polar surface area (TPSA) is 49.9 Å². The number of halogens is 4. The van der Waals surface area contributed by atoms with Crippen LogP contribution in [0.4, 0.5) is 13.2 Å². The van der Waals surface area contributed by atoms with Crippen LogP contribution in [0.3, 0.4) is 0 Å². The van der Waals surface area contributed by atoms with Crippen LogP contribution in [0.2, 0.25) is 0 Å². The molecule has 1 aromatic rings. The van der Waals surface area contributed by atoms with Gasteiger partial charge in [0.05, 0.1) is 10.0 Å². The standard InChI is InChI=1S/C7H4BrF3N2/c8-2-1-3(9)6(11)4(5(2)10)7(12)13/h1H,(H3,12,13). The molecule has 0 spiro atoms. The Morgan fingerprint density at radius 2 is 1.85 bits per heavy atom. The second kappa shape index (κ2) is 3.37. The van der Waals surface area contributed by atoms with Crippen molar-refractivity contribution < 1.29 is 13.2 Å². The van der Waals surface area contributed by atoms with Gasteiger partial charge in [0, 0.05) is 0 Å². The summed E-state index contributed by atoms with van der Waals surface area (Å²) in [7, 11) is 0. The second-order valence-electron chi connectivity index (χ2n) is 2.26. The largest absolute Gasteiger partial charge is 0.384 e. The van der Waals surface area contributed by atoms with E-state index >= 15 is 0 Å². The van der Waals surface area contributed by atoms with Crippen LogP contribution in [-0.4, -0.2) is 5.84 Å². The van der Waals surface area contributed by atoms with Gasteiger partial charge >= 0.3 is 0 Å². The number of rotatable bonds is 1. The summed E-state index contributed by atoms with van der Waals surface area (Å²) in [5.74, 6) is -4.63. The first-order chi connectivity index (χ1) is 5.95. The molecule has 0 heterocycles. The van der Waals surface area contributed by atoms with Gasteiger partial charge in [-0.2, -0.15) is 0 Å². The van der Waals surface area contributed by atoms with Gasteiger partial charge in [0.25, 0.3) is 0 Å². The summed E-state index contributed by atoms with van der Waals surface area (Å²) in [6.45, 7) is 0. The van der Waals surface area contributed by atoms with Gasteiger partial charge in [-0.1, -0.05) is 0 Å². The lowest BCUT2D eigenvalue weighted by atomic mass is 10.2. The summed E-state index contributed by atoms with van der Waals surface area (Å²) in [6, 6.07) is 0.636. The van der Waals surface area contributed by atoms with Crippen molar-refractivity contribution in [3.05, 3.63) is 33.6 Å². The molecule has 1 rings (SSSR count). The van der Waals surface area contributed by atoms with Crippen molar-refractivity contribution in [1.29, 1.82) is 5.41 Å². The van der Waals surface area contributed by atoms with Crippen molar-refractivity contribution >= 4 is 21.8 Å². The number of hydrogen-bond acceptors (Lipinski definition) is 1. The summed E-state index contributed by atoms with van der Waals surface area (Å²) in [5.41, 5.74) is 4.01. The third-order valence-electron chi connectivity index (χ3n) is 1.38. The van der Waals surface area contributed by atoms with Crippen molar-refractivity contribution in [3.8, 4) is 0 Å². The van der Waals surface area contributed by atoms with E-state index in [9.17, 15) is 13.2 Å². The van der Waals surface area contributed by atoms with Crippen LogP contribution in [0.1, 0.15) is 5.56 Å². The van der Waals surface area contributed by atoms with Gasteiger partial charge in [0.15, 0.2) is 17.5 Å². The Labute approximate surface area is 80.2 Å². The van der Waals surface area contributed by atoms with Gasteiger partial charge in [0.1, 0.15) is 5.84 Å². The highest BCUT2D eigenvalue weighted by atomic mass is 79.9. The van der Waals surface area contributed by atoms with Gasteiger partial charge < -0.3 is 5.73 Å². The molecule has 0 bridgehead atoms. The average Bonchev–Trinajstić information content (AvgIpc) is 2.01. The molecule has 0 unspecified atom stereocenters. The summed E-state index contributed by atoms with van der Waals surface area (Å²) >= 11 is 2.67. The van der Waals surface area contributed by atoms with E-state index in [0.717, 1.165) is 0 Å². The highest BCUT2D eigenvalue weighted by molar-refractivity contribution is 9.10. The predicted molar refractivity (Wildman–Crippen MR) is 45.0 cm³/mol. The van der Waals surface area contributed by atoms with E-state index < -0.39 is 28.9 Å². The first kappa shape index (κ1) is 10.0. The van der Waals surface area contributed by atoms with E-state index in [2.05, 4.69) is 15.9 Å². The fraction of sp³-hybridized carbons (Fsp3) is 0. The first-order valence-corrected chi connectivity index (χ1v) is 3.91. The van der Waals surface area contributed by atoms with Gasteiger partial charge in [0.2, 0.25) is 0 Å². The van der Waals surface area contributed by atoms with E-state index in [4.69, 9.17) is 11.1 Å². The summed E-state index contributed by atoms with van der Waals surface area (Å²) < 4.78 is 38.2. The van der Waals surface area contributed by atoms with Gasteiger partial charge in [-0.05, 0) is 22.0 Å². The Kier molecular flexibility index (Phi) is 2.60. The fourth-order valence-corrected chi connectivity index (χ4v) is 1.21. The number of nitrogen functional groups attached to an aromatic ring is 1. The molecule has 0 fully saturated rings. The van der Waals surface area contributed by atoms with Crippen molar-refractivity contribution in [2.24, 2.45) is 5.73 Å². The predicted octanol–water partition coefficient (Wildman–Crippen LogP) is 2.15. The number of benzene rings is 1. The Morgan fingerprint density at radius 1 is 1.31 bits per heavy atom. The maximum absolute atomic E-state index is 13.0. The van der Waals surface area contributed by atoms with Crippen LogP contribution in [0.5, 0.6) is 0 Å². The first-order valence-electron chi connectivity index (χ1n) is 3.12. The Balaban J connectivity index is 3.56. The molecule has 0 radical (unpaired) electrons. The minimum Gasteiger partial charge on any atom is -0.384 e. The lowest BCUT2D eigenvalue weighted by Crippen LogP contribution is -2.17. The van der Waals surface area contributed by atoms with Gasteiger partial charge in [-0.15, -0.1) is 0 Å². The third kappa shape index (κ3) is 1.67. The second-order valence-corrected chi connectivity index (χ2v) is 3.11. The van der Waals surface area contributed by atoms with E-state index in [1.54, 1.807) is 0 Å². The molecule has 0 saturated carbocycles. The molecule has 3 N–H and O–H groups in total. The smallest absolute Gasteiger partial charge is 0.172 e. The molecule has 6 heteroatoms. The molecule has 0 atom stereocenters. The van der Waals surface area contributed by atoms with Crippen molar-refractivity contribution in [1.82, 2.24) is 0 Å². The van der Waals surface area contributed by atoms with Gasteiger partial charge in [-0.25, -0.2) is 13.2 Å². The molecule has 0 aromatic heterocycles. The minimum atomic E-state index is -1.45. The van der Waals surface area contributed by atoms with Crippen LogP contribution in [-0.2, 0) is 0 Å². The van der Waals surface area contributed by atoms with E-state index in [1.165, 1.54) is 0 Å². The summed E-state index contributed by atoms with van der Waals surface area (Å²) in [5, 5.41) is 6.82. The van der Waals surface area contributed by atoms with E-state index in [0.29, 0.717) is 6.07 Å². The molecular formula is C7H4BrF3N2. The SMILES string of the molecule is N=C(N)c1c(F)c(F)cc(Br)c1F. The zero-order valence-electron chi connectivity index (χ0n) is 6.17. The molecule has 0 amide bonds. The molecule has 13 heavy (non-hydrogen) atoms. The Bertz CT molecular complexity index is 352. The Morgan fingerprint density at radius 3 is 2.31 bits per heavy atom. The zero-order chi connectivity index (χ0) is 10.2. The lowest BCUT2D eigenvalue weighted by molar-refractivity contribution is 0.490. The van der Waals surface area contributed by atoms with Gasteiger partial charge in [-0.3, -0.25) is 5.41 Å². The molecule has 2 nitrogen and oxygen atoms in total. The maximum atomic E-state index is 13.0. The molecule has 0 aliphatic heterocycles. The highest BCUT2D eigenvalue weighted by Crippen LogP contribution is 2.23. The zero-order valence-corrected chi connectivity index (χ0v) is 7.75. The van der Waals surface area contributed by atoms with Crippen molar-refractivity contribution in [3.63, 3.8) is 0 Å². The molecule has 70 valence electrons. The highest BCUT2D eigenvalue weighted by Gasteiger charge is 2.19. The van der Waals surface area contributed by atoms with Crippen LogP contribution in [0.25, 0.3) is 0 Å². The number of hydrogen-bond donors (Lipinski definition) is 2. The number of nitrogens with two attached hydrogens (primary N) is 1. The average molecular weight is 253 g/mol. The number of nitrogens with one attached hydrogen (secondary N) is 1. The van der Waals surface area contributed by atoms with E-state index in [1.807, 2.05) is 0 Å². The van der Waals surface area contributed by atoms with Crippen molar-refractivity contribution in [2.45, 2.75) is 0 Å². The van der Waals surface area contributed by atoms with Crippen LogP contribution in [0, 0.1) is 22.9 Å². The Hall–Kier alpha value is -1.04. The quantitative estimate of drug-likeness (QED) is 0.449. The van der Waals surface area contributed by atoms with E-state index in [-0.39, 0.29) is 4.47 Å². The van der Waals surface area contributed by atoms with Crippen LogP contribution in [0.15, 0.2) is 10.5 Å². The molecular weight excluding hydrogens is 249 g/mol. The lowest BCUT2D eigenvalue weighted by Gasteiger charge is -2.04. The third-order valence-corrected chi connectivity index (χ3v) is 1.96. The molecule has 0 saturated heterocycles. The monoisotopic (exact) mass is 252 g/mol. The summed E-state index contributed by atoms with van der Waals surface area (Å²) in [4.78, 5) is 0. The van der Waals surface area contributed by atoms with Crippen LogP contribution < -0.4 is 5.73 Å². The molecule has 1 aromatic carbocycles. The van der Waals surface area contributed by atoms with Crippen LogP contribution >= 0.6 is 15.9 Å². The summed E-state index contributed by atoms with van der Waals surface area (Å²) in [6.07, 6.45) is 0. The maximum Gasteiger partial charge on any atom is 0.172 e. The normalized spacial score (nSPS) is 10.2. The minimum absolute atomic E-state index is 0.267. The fourth-order valence-electron chi connectivity index (χ4n) is 0.810. The molecule has 0 aliphatic carbocycles. The molecule has 0 aliphatic rings.